The summed E-state index contributed by atoms with van der Waals surface area (Å²) in [4.78, 5) is 0. The fraction of sp³-hybridized carbons (Fsp3) is 0.250. The molecule has 10 heavy (non-hydrogen) atoms. The lowest BCUT2D eigenvalue weighted by atomic mass is 11.0. The molecule has 0 atom stereocenters. The molecular weight excluding hydrogens is 136 g/mol. The molecule has 2 aliphatic rings. The fourth-order valence-electron chi connectivity index (χ4n) is 0.612. The van der Waals surface area contributed by atoms with E-state index in [1.807, 2.05) is 0 Å². The summed E-state index contributed by atoms with van der Waals surface area (Å²) in [6, 6.07) is 0.341. The zero-order valence-electron chi connectivity index (χ0n) is 4.97. The van der Waals surface area contributed by atoms with Gasteiger partial charge in [0.2, 0.25) is 12.8 Å². The second-order valence-corrected chi connectivity index (χ2v) is 1.64. The minimum absolute atomic E-state index is 0.336. The highest BCUT2D eigenvalue weighted by Gasteiger charge is 2.30. The van der Waals surface area contributed by atoms with E-state index >= 15 is 0 Å². The van der Waals surface area contributed by atoms with Crippen molar-refractivity contribution in [3.05, 3.63) is 0 Å². The lowest BCUT2D eigenvalue weighted by Gasteiger charge is -1.95. The lowest BCUT2D eigenvalue weighted by molar-refractivity contribution is 0.219. The Morgan fingerprint density at radius 3 is 3.20 bits per heavy atom. The Morgan fingerprint density at radius 1 is 1.60 bits per heavy atom. The molecule has 0 amide bonds. The summed E-state index contributed by atoms with van der Waals surface area (Å²) in [7, 11) is 0. The van der Waals surface area contributed by atoms with Crippen molar-refractivity contribution in [1.29, 1.82) is 0 Å². The topological polar surface area (TPSA) is 60.5 Å². The van der Waals surface area contributed by atoms with Crippen LogP contribution >= 0.6 is 0 Å². The van der Waals surface area contributed by atoms with E-state index in [4.69, 9.17) is 9.47 Å². The molecule has 2 heterocycles. The second-order valence-electron chi connectivity index (χ2n) is 1.64. The third kappa shape index (κ3) is 0.697. The Kier molecular flexibility index (Phi) is 1.03. The molecule has 0 saturated heterocycles. The Morgan fingerprint density at radius 2 is 2.60 bits per heavy atom. The van der Waals surface area contributed by atoms with Gasteiger partial charge in [0.15, 0.2) is 0 Å². The van der Waals surface area contributed by atoms with Gasteiger partial charge in [-0.1, -0.05) is 5.01 Å². The number of hydrogen-bond donors (Lipinski definition) is 0. The van der Waals surface area contributed by atoms with Gasteiger partial charge in [-0.2, -0.15) is 0 Å². The Labute approximate surface area is 56.4 Å². The summed E-state index contributed by atoms with van der Waals surface area (Å²) >= 11 is 0. The molecular formula is C4H4N4O2+. The summed E-state index contributed by atoms with van der Waals surface area (Å²) < 4.78 is 9.61. The molecule has 0 spiro atoms. The van der Waals surface area contributed by atoms with Gasteiger partial charge in [-0.3, -0.25) is 0 Å². The molecule has 0 fully saturated rings. The quantitative estimate of drug-likeness (QED) is 0.428. The van der Waals surface area contributed by atoms with Crippen LogP contribution in [-0.4, -0.2) is 30.6 Å². The Bertz CT molecular complexity index is 221. The highest BCUT2D eigenvalue weighted by atomic mass is 16.5. The molecule has 1 radical (unpaired) electrons. The smallest absolute Gasteiger partial charge is 0.438 e. The van der Waals surface area contributed by atoms with Crippen LogP contribution < -0.4 is 5.10 Å². The predicted octanol–water partition coefficient (Wildman–Crippen LogP) is -1.12. The van der Waals surface area contributed by atoms with Gasteiger partial charge in [-0.05, 0) is 10.2 Å². The summed E-state index contributed by atoms with van der Waals surface area (Å²) in [5, 5.41) is 12.3. The highest BCUT2D eigenvalue weighted by molar-refractivity contribution is 5.83. The summed E-state index contributed by atoms with van der Waals surface area (Å²) in [6.45, 7) is 0.336. The number of rotatable bonds is 0. The maximum atomic E-state index is 4.83. The molecule has 0 aromatic heterocycles. The number of amidine groups is 1. The molecule has 0 bridgehead atoms. The largest absolute Gasteiger partial charge is 0.554 e. The molecule has 6 heteroatoms. The lowest BCUT2D eigenvalue weighted by Crippen LogP contribution is -2.26. The van der Waals surface area contributed by atoms with Gasteiger partial charge in [-0.25, -0.2) is 0 Å². The van der Waals surface area contributed by atoms with Crippen LogP contribution in [-0.2, 0) is 9.47 Å². The van der Waals surface area contributed by atoms with E-state index in [1.54, 1.807) is 0 Å². The van der Waals surface area contributed by atoms with E-state index in [9.17, 15) is 0 Å². The van der Waals surface area contributed by atoms with Crippen LogP contribution in [0.4, 0.5) is 0 Å². The molecule has 0 aliphatic carbocycles. The summed E-state index contributed by atoms with van der Waals surface area (Å²) in [6.07, 6.45) is 2.56. The first-order chi connectivity index (χ1) is 4.97. The molecule has 51 valence electrons. The summed E-state index contributed by atoms with van der Waals surface area (Å²) in [5.74, 6) is 0. The van der Waals surface area contributed by atoms with Crippen molar-refractivity contribution >= 4 is 18.8 Å². The fourth-order valence-corrected chi connectivity index (χ4v) is 0.612. The summed E-state index contributed by atoms with van der Waals surface area (Å²) in [5.41, 5.74) is 0. The first kappa shape index (κ1) is 5.21. The Balaban J connectivity index is 2.06. The molecule has 0 N–H and O–H groups in total. The number of nitrogens with zero attached hydrogens (tertiary/aromatic N) is 4. The van der Waals surface area contributed by atoms with Gasteiger partial charge >= 0.3 is 6.02 Å². The van der Waals surface area contributed by atoms with Crippen LogP contribution in [0.5, 0.6) is 0 Å². The maximum Gasteiger partial charge on any atom is 0.554 e. The van der Waals surface area contributed by atoms with Crippen molar-refractivity contribution in [1.82, 2.24) is 10.1 Å². The molecule has 2 rings (SSSR count). The molecule has 0 aromatic carbocycles. The zero-order valence-corrected chi connectivity index (χ0v) is 4.97. The van der Waals surface area contributed by atoms with Crippen LogP contribution in [0, 0.1) is 0 Å². The zero-order chi connectivity index (χ0) is 6.81. The van der Waals surface area contributed by atoms with Gasteiger partial charge < -0.3 is 9.47 Å². The number of hydrogen-bond acceptors (Lipinski definition) is 6. The van der Waals surface area contributed by atoms with Crippen LogP contribution in [0.25, 0.3) is 0 Å². The van der Waals surface area contributed by atoms with Crippen LogP contribution in [0.3, 0.4) is 0 Å². The van der Waals surface area contributed by atoms with Crippen molar-refractivity contribution in [3.8, 4) is 0 Å². The molecule has 6 nitrogen and oxygen atoms in total. The number of ether oxygens (including phenoxy) is 2. The first-order valence-corrected chi connectivity index (χ1v) is 2.64. The third-order valence-electron chi connectivity index (χ3n) is 1.03. The van der Waals surface area contributed by atoms with E-state index in [0.29, 0.717) is 12.8 Å². The van der Waals surface area contributed by atoms with Crippen molar-refractivity contribution in [3.63, 3.8) is 0 Å². The van der Waals surface area contributed by atoms with Gasteiger partial charge in [0, 0.05) is 0 Å². The molecule has 2 aliphatic heterocycles. The van der Waals surface area contributed by atoms with Gasteiger partial charge in [-0.15, -0.1) is 0 Å². The highest BCUT2D eigenvalue weighted by Crippen LogP contribution is 1.99. The van der Waals surface area contributed by atoms with Crippen molar-refractivity contribution < 1.29 is 9.47 Å². The van der Waals surface area contributed by atoms with Gasteiger partial charge in [0.1, 0.15) is 5.10 Å². The normalized spacial score (nSPS) is 20.8. The minimum Gasteiger partial charge on any atom is -0.438 e. The van der Waals surface area contributed by atoms with E-state index in [-0.39, 0.29) is 0 Å². The molecule has 0 unspecified atom stereocenters. The Hall–Kier alpha value is -1.59. The third-order valence-corrected chi connectivity index (χ3v) is 1.03. The first-order valence-electron chi connectivity index (χ1n) is 2.64. The maximum absolute atomic E-state index is 4.83. The average Bonchev–Trinajstić information content (AvgIpc) is 2.59. The van der Waals surface area contributed by atoms with Crippen LogP contribution in [0.15, 0.2) is 10.2 Å². The van der Waals surface area contributed by atoms with Gasteiger partial charge in [0.05, 0.1) is 0 Å². The number of hydrazone groups is 1. The predicted molar refractivity (Wildman–Crippen MR) is 33.0 cm³/mol. The molecule has 0 aromatic rings. The van der Waals surface area contributed by atoms with E-state index < -0.39 is 0 Å². The van der Waals surface area contributed by atoms with Crippen molar-refractivity contribution in [2.24, 2.45) is 10.2 Å². The SMILES string of the molecule is C1=N[N+]=C(N2COC=N2)O1. The van der Waals surface area contributed by atoms with Crippen molar-refractivity contribution in [2.75, 3.05) is 6.73 Å². The van der Waals surface area contributed by atoms with Crippen LogP contribution in [0.1, 0.15) is 0 Å². The van der Waals surface area contributed by atoms with Crippen molar-refractivity contribution in [2.45, 2.75) is 0 Å². The minimum atomic E-state index is 0.336. The van der Waals surface area contributed by atoms with E-state index in [1.165, 1.54) is 17.8 Å². The standard InChI is InChI=1S/C4H4N4O2/c1-5-7-4(10-1)8-3-9-2-6-8/h1-2H,3H2/q+1. The monoisotopic (exact) mass is 140 g/mol. The average molecular weight is 140 g/mol. The van der Waals surface area contributed by atoms with E-state index in [2.05, 4.69) is 15.3 Å². The van der Waals surface area contributed by atoms with Gasteiger partial charge in [0.25, 0.3) is 6.73 Å². The van der Waals surface area contributed by atoms with Crippen LogP contribution in [0.2, 0.25) is 0 Å². The van der Waals surface area contributed by atoms with E-state index in [0.717, 1.165) is 0 Å². The second kappa shape index (κ2) is 1.98. The molecule has 0 saturated carbocycles.